The number of carbonyl (C=O) groups is 1. The third-order valence-corrected chi connectivity index (χ3v) is 3.47. The van der Waals surface area contributed by atoms with Crippen molar-refractivity contribution >= 4 is 17.5 Å². The topological polar surface area (TPSA) is 80.9 Å². The van der Waals surface area contributed by atoms with Crippen LogP contribution in [0.3, 0.4) is 0 Å². The van der Waals surface area contributed by atoms with E-state index in [1.54, 1.807) is 48.8 Å². The fraction of sp³-hybridized carbons (Fsp3) is 0.125. The molecule has 0 unspecified atom stereocenters. The van der Waals surface area contributed by atoms with Gasteiger partial charge in [-0.25, -0.2) is 0 Å². The lowest BCUT2D eigenvalue weighted by atomic mass is 10.2. The Balaban J connectivity index is 1.56. The SMILES string of the molecule is O=C(NCCc1nnc(-c2ccncc2)o1)c1ccccc1Cl. The van der Waals surface area contributed by atoms with Crippen LogP contribution in [0.15, 0.2) is 53.2 Å². The first-order valence-corrected chi connectivity index (χ1v) is 7.37. The number of amides is 1. The van der Waals surface area contributed by atoms with E-state index in [0.717, 1.165) is 5.56 Å². The van der Waals surface area contributed by atoms with Gasteiger partial charge in [-0.3, -0.25) is 9.78 Å². The standard InChI is InChI=1S/C16H13ClN4O2/c17-13-4-2-1-3-12(13)15(22)19-10-7-14-20-21-16(23-14)11-5-8-18-9-6-11/h1-6,8-9H,7,10H2,(H,19,22). The van der Waals surface area contributed by atoms with E-state index in [9.17, 15) is 4.79 Å². The van der Waals surface area contributed by atoms with Crippen molar-refractivity contribution in [2.24, 2.45) is 0 Å². The highest BCUT2D eigenvalue weighted by Crippen LogP contribution is 2.16. The van der Waals surface area contributed by atoms with Crippen molar-refractivity contribution in [1.82, 2.24) is 20.5 Å². The maximum atomic E-state index is 12.0. The van der Waals surface area contributed by atoms with E-state index in [-0.39, 0.29) is 5.91 Å². The first-order valence-electron chi connectivity index (χ1n) is 6.99. The zero-order valence-electron chi connectivity index (χ0n) is 12.1. The maximum Gasteiger partial charge on any atom is 0.252 e. The molecule has 0 spiro atoms. The highest BCUT2D eigenvalue weighted by Gasteiger charge is 2.11. The quantitative estimate of drug-likeness (QED) is 0.779. The summed E-state index contributed by atoms with van der Waals surface area (Å²) in [6.45, 7) is 0.377. The summed E-state index contributed by atoms with van der Waals surface area (Å²) < 4.78 is 5.55. The molecule has 0 aliphatic rings. The van der Waals surface area contributed by atoms with Gasteiger partial charge in [-0.1, -0.05) is 23.7 Å². The molecule has 116 valence electrons. The van der Waals surface area contributed by atoms with Crippen LogP contribution in [-0.4, -0.2) is 27.6 Å². The van der Waals surface area contributed by atoms with Crippen molar-refractivity contribution in [3.63, 3.8) is 0 Å². The Morgan fingerprint density at radius 1 is 1.13 bits per heavy atom. The van der Waals surface area contributed by atoms with Crippen molar-refractivity contribution in [3.8, 4) is 11.5 Å². The van der Waals surface area contributed by atoms with E-state index < -0.39 is 0 Å². The van der Waals surface area contributed by atoms with E-state index in [2.05, 4.69) is 20.5 Å². The summed E-state index contributed by atoms with van der Waals surface area (Å²) in [6.07, 6.45) is 3.75. The second kappa shape index (κ2) is 7.02. The van der Waals surface area contributed by atoms with Crippen LogP contribution in [0.5, 0.6) is 0 Å². The van der Waals surface area contributed by atoms with E-state index in [0.29, 0.717) is 35.3 Å². The summed E-state index contributed by atoms with van der Waals surface area (Å²) in [5.41, 5.74) is 1.25. The molecule has 0 atom stereocenters. The molecular formula is C16H13ClN4O2. The average molecular weight is 329 g/mol. The monoisotopic (exact) mass is 328 g/mol. The molecule has 0 radical (unpaired) electrons. The molecule has 0 fully saturated rings. The molecule has 2 aromatic heterocycles. The lowest BCUT2D eigenvalue weighted by Gasteiger charge is -2.04. The summed E-state index contributed by atoms with van der Waals surface area (Å²) in [6, 6.07) is 10.5. The number of hydrogen-bond donors (Lipinski definition) is 1. The Kier molecular flexibility index (Phi) is 4.63. The number of nitrogens with one attached hydrogen (secondary N) is 1. The van der Waals surface area contributed by atoms with Crippen molar-refractivity contribution in [3.05, 3.63) is 65.3 Å². The number of benzene rings is 1. The van der Waals surface area contributed by atoms with Gasteiger partial charge < -0.3 is 9.73 Å². The van der Waals surface area contributed by atoms with Gasteiger partial charge in [0.25, 0.3) is 5.91 Å². The van der Waals surface area contributed by atoms with Gasteiger partial charge in [0.15, 0.2) is 0 Å². The predicted molar refractivity (Wildman–Crippen MR) is 85.0 cm³/mol. The van der Waals surface area contributed by atoms with Gasteiger partial charge in [-0.15, -0.1) is 10.2 Å². The highest BCUT2D eigenvalue weighted by molar-refractivity contribution is 6.33. The zero-order chi connectivity index (χ0) is 16.1. The lowest BCUT2D eigenvalue weighted by molar-refractivity contribution is 0.0954. The van der Waals surface area contributed by atoms with Gasteiger partial charge in [0.2, 0.25) is 11.8 Å². The summed E-state index contributed by atoms with van der Waals surface area (Å²) in [5, 5.41) is 11.1. The Bertz CT molecular complexity index is 805. The third kappa shape index (κ3) is 3.73. The molecule has 0 saturated heterocycles. The summed E-state index contributed by atoms with van der Waals surface area (Å²) in [7, 11) is 0. The summed E-state index contributed by atoms with van der Waals surface area (Å²) >= 11 is 5.98. The number of pyridine rings is 1. The smallest absolute Gasteiger partial charge is 0.252 e. The third-order valence-electron chi connectivity index (χ3n) is 3.14. The molecule has 23 heavy (non-hydrogen) atoms. The number of halogens is 1. The normalized spacial score (nSPS) is 10.5. The predicted octanol–water partition coefficient (Wildman–Crippen LogP) is 2.76. The molecule has 1 N–H and O–H groups in total. The number of hydrogen-bond acceptors (Lipinski definition) is 5. The number of carbonyl (C=O) groups excluding carboxylic acids is 1. The van der Waals surface area contributed by atoms with Crippen LogP contribution >= 0.6 is 11.6 Å². The molecule has 1 amide bonds. The van der Waals surface area contributed by atoms with Crippen LogP contribution in [0.4, 0.5) is 0 Å². The van der Waals surface area contributed by atoms with Crippen LogP contribution in [0, 0.1) is 0 Å². The minimum absolute atomic E-state index is 0.232. The fourth-order valence-corrected chi connectivity index (χ4v) is 2.21. The van der Waals surface area contributed by atoms with Crippen molar-refractivity contribution in [1.29, 1.82) is 0 Å². The Morgan fingerprint density at radius 3 is 2.70 bits per heavy atom. The number of aromatic nitrogens is 3. The van der Waals surface area contributed by atoms with Crippen molar-refractivity contribution < 1.29 is 9.21 Å². The molecule has 1 aromatic carbocycles. The molecule has 3 rings (SSSR count). The largest absolute Gasteiger partial charge is 0.421 e. The molecule has 0 aliphatic carbocycles. The van der Waals surface area contributed by atoms with Crippen LogP contribution in [-0.2, 0) is 6.42 Å². The first kappa shape index (κ1) is 15.2. The first-order chi connectivity index (χ1) is 11.2. The lowest BCUT2D eigenvalue weighted by Crippen LogP contribution is -2.26. The molecule has 6 nitrogen and oxygen atoms in total. The van der Waals surface area contributed by atoms with Gasteiger partial charge in [0, 0.05) is 30.9 Å². The molecular weight excluding hydrogens is 316 g/mol. The van der Waals surface area contributed by atoms with Gasteiger partial charge >= 0.3 is 0 Å². The molecule has 0 saturated carbocycles. The summed E-state index contributed by atoms with van der Waals surface area (Å²) in [4.78, 5) is 15.9. The minimum Gasteiger partial charge on any atom is -0.421 e. The zero-order valence-corrected chi connectivity index (χ0v) is 12.8. The molecule has 0 bridgehead atoms. The van der Waals surface area contributed by atoms with Gasteiger partial charge in [-0.05, 0) is 24.3 Å². The Morgan fingerprint density at radius 2 is 1.91 bits per heavy atom. The second-order valence-electron chi connectivity index (χ2n) is 4.72. The van der Waals surface area contributed by atoms with E-state index in [4.69, 9.17) is 16.0 Å². The van der Waals surface area contributed by atoms with Crippen molar-refractivity contribution in [2.75, 3.05) is 6.54 Å². The minimum atomic E-state index is -0.232. The second-order valence-corrected chi connectivity index (χ2v) is 5.13. The van der Waals surface area contributed by atoms with E-state index in [1.807, 2.05) is 0 Å². The molecule has 2 heterocycles. The van der Waals surface area contributed by atoms with Crippen LogP contribution in [0.1, 0.15) is 16.2 Å². The molecule has 3 aromatic rings. The average Bonchev–Trinajstić information content (AvgIpc) is 3.05. The Hall–Kier alpha value is -2.73. The van der Waals surface area contributed by atoms with Crippen molar-refractivity contribution in [2.45, 2.75) is 6.42 Å². The van der Waals surface area contributed by atoms with Crippen LogP contribution in [0.2, 0.25) is 5.02 Å². The molecule has 0 aliphatic heterocycles. The van der Waals surface area contributed by atoms with Crippen LogP contribution < -0.4 is 5.32 Å². The van der Waals surface area contributed by atoms with Gasteiger partial charge in [-0.2, -0.15) is 0 Å². The van der Waals surface area contributed by atoms with Gasteiger partial charge in [0.05, 0.1) is 10.6 Å². The highest BCUT2D eigenvalue weighted by atomic mass is 35.5. The number of rotatable bonds is 5. The van der Waals surface area contributed by atoms with Crippen LogP contribution in [0.25, 0.3) is 11.5 Å². The summed E-state index contributed by atoms with van der Waals surface area (Å²) in [5.74, 6) is 0.653. The number of nitrogens with zero attached hydrogens (tertiary/aromatic N) is 3. The Labute approximate surface area is 137 Å². The molecule has 7 heteroatoms. The fourth-order valence-electron chi connectivity index (χ4n) is 1.99. The van der Waals surface area contributed by atoms with Gasteiger partial charge in [0.1, 0.15) is 0 Å². The van der Waals surface area contributed by atoms with E-state index in [1.165, 1.54) is 0 Å². The van der Waals surface area contributed by atoms with E-state index >= 15 is 0 Å². The maximum absolute atomic E-state index is 12.0.